The monoisotopic (exact) mass is 547 g/mol. The third kappa shape index (κ3) is 5.06. The minimum Gasteiger partial charge on any atom is -0.451 e. The van der Waals surface area contributed by atoms with Crippen molar-refractivity contribution in [3.8, 4) is 0 Å². The van der Waals surface area contributed by atoms with Crippen LogP contribution < -0.4 is 10.6 Å². The van der Waals surface area contributed by atoms with Crippen molar-refractivity contribution in [2.75, 3.05) is 18.2 Å². The molecule has 1 saturated heterocycles. The number of hydrogen-bond donors (Lipinski definition) is 2. The molecule has 0 saturated carbocycles. The van der Waals surface area contributed by atoms with Crippen LogP contribution in [-0.2, 0) is 11.0 Å². The predicted molar refractivity (Wildman–Crippen MR) is 140 cm³/mol. The summed E-state index contributed by atoms with van der Waals surface area (Å²) in [6, 6.07) is 13.0. The van der Waals surface area contributed by atoms with Crippen LogP contribution in [0.25, 0.3) is 15.9 Å². The first kappa shape index (κ1) is 25.6. The van der Waals surface area contributed by atoms with Crippen molar-refractivity contribution in [3.63, 3.8) is 0 Å². The Balaban J connectivity index is 1.26. The fourth-order valence-electron chi connectivity index (χ4n) is 4.38. The van der Waals surface area contributed by atoms with Crippen molar-refractivity contribution in [1.29, 1.82) is 0 Å². The number of aryl methyl sites for hydroxylation is 1. The van der Waals surface area contributed by atoms with Gasteiger partial charge < -0.3 is 20.0 Å². The van der Waals surface area contributed by atoms with E-state index in [1.807, 2.05) is 38.2 Å². The molecule has 2 aliphatic rings. The van der Waals surface area contributed by atoms with Crippen molar-refractivity contribution < 1.29 is 27.2 Å². The van der Waals surface area contributed by atoms with Gasteiger partial charge in [0.1, 0.15) is 5.58 Å². The summed E-state index contributed by atoms with van der Waals surface area (Å²) in [5.74, 6) is -0.637. The van der Waals surface area contributed by atoms with E-state index in [1.54, 1.807) is 16.7 Å². The van der Waals surface area contributed by atoms with E-state index < -0.39 is 22.7 Å². The lowest BCUT2D eigenvalue weighted by Crippen LogP contribution is -2.54. The Morgan fingerprint density at radius 3 is 2.76 bits per heavy atom. The highest BCUT2D eigenvalue weighted by molar-refractivity contribution is 8.10. The van der Waals surface area contributed by atoms with Gasteiger partial charge in [-0.2, -0.15) is 13.2 Å². The first-order chi connectivity index (χ1) is 17.5. The lowest BCUT2D eigenvalue weighted by molar-refractivity contribution is -0.152. The Kier molecular flexibility index (Phi) is 6.70. The van der Waals surface area contributed by atoms with Gasteiger partial charge in [0.2, 0.25) is 5.76 Å². The van der Waals surface area contributed by atoms with Crippen LogP contribution in [0.15, 0.2) is 59.1 Å². The molecule has 0 aliphatic carbocycles. The number of hydrogen-bond acceptors (Lipinski definition) is 6. The van der Waals surface area contributed by atoms with E-state index in [-0.39, 0.29) is 35.0 Å². The molecule has 37 heavy (non-hydrogen) atoms. The zero-order valence-corrected chi connectivity index (χ0v) is 21.7. The summed E-state index contributed by atoms with van der Waals surface area (Å²) in [5, 5.41) is 6.13. The second kappa shape index (κ2) is 9.68. The molecule has 2 N–H and O–H groups in total. The van der Waals surface area contributed by atoms with Crippen LogP contribution in [0.4, 0.5) is 13.2 Å². The van der Waals surface area contributed by atoms with Crippen molar-refractivity contribution in [2.45, 2.75) is 30.9 Å². The molecule has 3 aromatic rings. The largest absolute Gasteiger partial charge is 0.451 e. The van der Waals surface area contributed by atoms with Gasteiger partial charge in [0.05, 0.1) is 17.5 Å². The normalized spacial score (nSPS) is 21.7. The number of rotatable bonds is 5. The van der Waals surface area contributed by atoms with Gasteiger partial charge in [-0.15, -0.1) is 11.8 Å². The van der Waals surface area contributed by atoms with Gasteiger partial charge in [0.15, 0.2) is 4.87 Å². The molecular formula is C26H24F3N3O3S2. The topological polar surface area (TPSA) is 74.6 Å². The van der Waals surface area contributed by atoms with Crippen LogP contribution in [0.5, 0.6) is 0 Å². The molecule has 0 bridgehead atoms. The average Bonchev–Trinajstić information content (AvgIpc) is 3.60. The number of fused-ring (bicyclic) bond motifs is 1. The fraction of sp³-hybridized carbons (Fsp3) is 0.308. The molecule has 2 atom stereocenters. The van der Waals surface area contributed by atoms with E-state index in [9.17, 15) is 22.8 Å². The van der Waals surface area contributed by atoms with Crippen LogP contribution in [0.1, 0.15) is 34.2 Å². The molecule has 2 aromatic carbocycles. The maximum atomic E-state index is 13.6. The number of benzene rings is 2. The van der Waals surface area contributed by atoms with Gasteiger partial charge in [-0.25, -0.2) is 0 Å². The lowest BCUT2D eigenvalue weighted by atomic mass is 10.1. The molecule has 6 nitrogen and oxygen atoms in total. The molecule has 11 heteroatoms. The van der Waals surface area contributed by atoms with Gasteiger partial charge in [-0.1, -0.05) is 47.7 Å². The summed E-state index contributed by atoms with van der Waals surface area (Å²) in [5.41, 5.74) is 2.25. The summed E-state index contributed by atoms with van der Waals surface area (Å²) in [6.07, 6.45) is -2.79. The number of thioether (sulfide) groups is 2. The third-order valence-corrected chi connectivity index (χ3v) is 8.68. The molecule has 0 radical (unpaired) electrons. The quantitative estimate of drug-likeness (QED) is 0.443. The molecular weight excluding hydrogens is 523 g/mol. The first-order valence-electron chi connectivity index (χ1n) is 11.6. The molecule has 2 unspecified atom stereocenters. The highest BCUT2D eigenvalue weighted by atomic mass is 32.2. The number of alkyl halides is 3. The molecule has 1 fully saturated rings. The summed E-state index contributed by atoms with van der Waals surface area (Å²) < 4.78 is 44.1. The van der Waals surface area contributed by atoms with Crippen LogP contribution in [0.2, 0.25) is 0 Å². The van der Waals surface area contributed by atoms with E-state index in [1.165, 1.54) is 30.0 Å². The van der Waals surface area contributed by atoms with Gasteiger partial charge in [-0.3, -0.25) is 9.59 Å². The maximum absolute atomic E-state index is 13.6. The minimum absolute atomic E-state index is 0.0117. The van der Waals surface area contributed by atoms with E-state index >= 15 is 0 Å². The van der Waals surface area contributed by atoms with Crippen molar-refractivity contribution in [3.05, 3.63) is 77.2 Å². The molecule has 194 valence electrons. The van der Waals surface area contributed by atoms with Crippen molar-refractivity contribution in [1.82, 2.24) is 15.5 Å². The standard InChI is InChI=1S/C26H24F3N3O3S2/c1-15-5-3-6-16(9-15)21-12-31-25(2,37-21)24(34)32-14-36-13-17(32)11-30-23(33)18-7-4-8-20-19(18)10-22(35-20)26(27,28)29/h3-10,12,17,31H,11,13-14H2,1-2H3,(H,30,33). The minimum atomic E-state index is -4.65. The smallest absolute Gasteiger partial charge is 0.449 e. The third-order valence-electron chi connectivity index (χ3n) is 6.33. The van der Waals surface area contributed by atoms with E-state index in [2.05, 4.69) is 16.7 Å². The number of carbonyl (C=O) groups excluding carboxylic acids is 2. The molecule has 3 heterocycles. The fourth-order valence-corrected chi connectivity index (χ4v) is 6.71. The highest BCUT2D eigenvalue weighted by Crippen LogP contribution is 2.43. The van der Waals surface area contributed by atoms with E-state index in [0.717, 1.165) is 22.1 Å². The Hall–Kier alpha value is -3.05. The lowest BCUT2D eigenvalue weighted by Gasteiger charge is -2.32. The van der Waals surface area contributed by atoms with Crippen molar-refractivity contribution in [2.24, 2.45) is 0 Å². The SMILES string of the molecule is Cc1cccc(C2=CNC(C)(C(=O)N3CSCC3CNC(=O)c3cccc4oc(C(F)(F)F)cc34)S2)c1. The number of nitrogens with one attached hydrogen (secondary N) is 2. The molecule has 0 spiro atoms. The predicted octanol–water partition coefficient (Wildman–Crippen LogP) is 5.44. The van der Waals surface area contributed by atoms with Crippen LogP contribution in [0.3, 0.4) is 0 Å². The number of furan rings is 1. The molecule has 2 aliphatic heterocycles. The second-order valence-corrected chi connectivity index (χ2v) is 11.6. The molecule has 5 rings (SSSR count). The molecule has 1 aromatic heterocycles. The Morgan fingerprint density at radius 1 is 1.22 bits per heavy atom. The average molecular weight is 548 g/mol. The summed E-state index contributed by atoms with van der Waals surface area (Å²) in [7, 11) is 0. The van der Waals surface area contributed by atoms with Gasteiger partial charge in [0, 0.05) is 28.8 Å². The zero-order valence-electron chi connectivity index (χ0n) is 20.0. The highest BCUT2D eigenvalue weighted by Gasteiger charge is 2.44. The number of carbonyl (C=O) groups is 2. The van der Waals surface area contributed by atoms with Crippen LogP contribution in [-0.4, -0.2) is 45.8 Å². The molecule has 2 amide bonds. The summed E-state index contributed by atoms with van der Waals surface area (Å²) >= 11 is 3.05. The number of nitrogens with zero attached hydrogens (tertiary/aromatic N) is 1. The van der Waals surface area contributed by atoms with Crippen molar-refractivity contribution >= 4 is 51.2 Å². The zero-order chi connectivity index (χ0) is 26.4. The first-order valence-corrected chi connectivity index (χ1v) is 13.5. The maximum Gasteiger partial charge on any atom is 0.449 e. The van der Waals surface area contributed by atoms with Gasteiger partial charge in [-0.05, 0) is 37.6 Å². The number of amides is 2. The van der Waals surface area contributed by atoms with Crippen LogP contribution in [0, 0.1) is 6.92 Å². The Bertz CT molecular complexity index is 1400. The Labute approximate surface area is 220 Å². The van der Waals surface area contributed by atoms with Gasteiger partial charge in [0.25, 0.3) is 11.8 Å². The number of halogens is 3. The summed E-state index contributed by atoms with van der Waals surface area (Å²) in [4.78, 5) is 28.3. The second-order valence-electron chi connectivity index (χ2n) is 9.12. The van der Waals surface area contributed by atoms with Crippen LogP contribution >= 0.6 is 23.5 Å². The summed E-state index contributed by atoms with van der Waals surface area (Å²) in [6.45, 7) is 4.04. The van der Waals surface area contributed by atoms with E-state index in [4.69, 9.17) is 4.42 Å². The van der Waals surface area contributed by atoms with Gasteiger partial charge >= 0.3 is 6.18 Å². The van der Waals surface area contributed by atoms with E-state index in [0.29, 0.717) is 11.6 Å². The Morgan fingerprint density at radius 2 is 2.00 bits per heavy atom.